The summed E-state index contributed by atoms with van der Waals surface area (Å²) in [5, 5.41) is 4.08. The van der Waals surface area contributed by atoms with Crippen molar-refractivity contribution in [3.63, 3.8) is 0 Å². The molecule has 0 unspecified atom stereocenters. The molecule has 3 heterocycles. The number of aromatic nitrogens is 3. The zero-order chi connectivity index (χ0) is 15.1. The second-order valence-corrected chi connectivity index (χ2v) is 6.25. The van der Waals surface area contributed by atoms with Gasteiger partial charge in [0.25, 0.3) is 5.91 Å². The van der Waals surface area contributed by atoms with E-state index < -0.39 is 0 Å². The Labute approximate surface area is 128 Å². The maximum absolute atomic E-state index is 12.9. The highest BCUT2D eigenvalue weighted by molar-refractivity contribution is 5.94. The summed E-state index contributed by atoms with van der Waals surface area (Å²) in [5.41, 5.74) is 2.57. The van der Waals surface area contributed by atoms with Crippen LogP contribution in [0.2, 0.25) is 0 Å². The van der Waals surface area contributed by atoms with Gasteiger partial charge in [0.05, 0.1) is 6.04 Å². The minimum atomic E-state index is -0.0107. The molecule has 0 aromatic carbocycles. The summed E-state index contributed by atoms with van der Waals surface area (Å²) in [5.74, 6) is 1.77. The molecule has 1 aliphatic heterocycles. The Morgan fingerprint density at radius 1 is 1.36 bits per heavy atom. The molecule has 116 valence electrons. The molecule has 22 heavy (non-hydrogen) atoms. The molecule has 0 bridgehead atoms. The first-order chi connectivity index (χ1) is 10.7. The van der Waals surface area contributed by atoms with E-state index in [1.54, 1.807) is 0 Å². The van der Waals surface area contributed by atoms with Crippen LogP contribution in [0.3, 0.4) is 0 Å². The minimum absolute atomic E-state index is 0.0107. The van der Waals surface area contributed by atoms with E-state index in [1.165, 1.54) is 0 Å². The number of hydrogen-bond donors (Lipinski definition) is 1. The molecule has 6 heteroatoms. The van der Waals surface area contributed by atoms with Gasteiger partial charge in [0, 0.05) is 30.4 Å². The maximum Gasteiger partial charge on any atom is 0.276 e. The van der Waals surface area contributed by atoms with Crippen molar-refractivity contribution in [2.45, 2.75) is 51.5 Å². The second-order valence-electron chi connectivity index (χ2n) is 6.25. The van der Waals surface area contributed by atoms with Crippen molar-refractivity contribution in [2.75, 3.05) is 6.54 Å². The lowest BCUT2D eigenvalue weighted by atomic mass is 9.96. The molecular weight excluding hydrogens is 280 g/mol. The van der Waals surface area contributed by atoms with E-state index in [0.717, 1.165) is 67.9 Å². The molecule has 2 aliphatic rings. The van der Waals surface area contributed by atoms with Gasteiger partial charge in [0.15, 0.2) is 5.69 Å². The second kappa shape index (κ2) is 5.26. The monoisotopic (exact) mass is 300 g/mol. The third-order valence-electron chi connectivity index (χ3n) is 4.70. The molecule has 0 spiro atoms. The van der Waals surface area contributed by atoms with Gasteiger partial charge in [0.2, 0.25) is 0 Å². The molecule has 2 aromatic rings. The minimum Gasteiger partial charge on any atom is -0.360 e. The number of rotatable bonds is 2. The Balaban J connectivity index is 1.63. The molecule has 2 aromatic heterocycles. The van der Waals surface area contributed by atoms with Crippen LogP contribution in [0.1, 0.15) is 65.1 Å². The number of fused-ring (bicyclic) bond motifs is 1. The zero-order valence-corrected chi connectivity index (χ0v) is 12.8. The number of H-pyrrole nitrogens is 1. The number of likely N-dealkylation sites (tertiary alicyclic amines) is 1. The van der Waals surface area contributed by atoms with E-state index >= 15 is 0 Å². The molecule has 0 saturated carbocycles. The van der Waals surface area contributed by atoms with Gasteiger partial charge in [-0.3, -0.25) is 4.79 Å². The van der Waals surface area contributed by atoms with Crippen LogP contribution in [0, 0.1) is 6.92 Å². The molecule has 1 N–H and O–H groups in total. The number of aromatic amines is 1. The van der Waals surface area contributed by atoms with Gasteiger partial charge in [-0.05, 0) is 39.0 Å². The topological polar surface area (TPSA) is 75.0 Å². The van der Waals surface area contributed by atoms with Crippen LogP contribution in [-0.4, -0.2) is 32.5 Å². The van der Waals surface area contributed by atoms with Gasteiger partial charge in [0.1, 0.15) is 11.6 Å². The molecule has 1 saturated heterocycles. The van der Waals surface area contributed by atoms with Crippen LogP contribution in [-0.2, 0) is 12.8 Å². The van der Waals surface area contributed by atoms with E-state index in [0.29, 0.717) is 5.69 Å². The van der Waals surface area contributed by atoms with Gasteiger partial charge >= 0.3 is 0 Å². The SMILES string of the molecule is Cc1cnc([C@@H]2CCCN2C(=O)c2noc3c2CCCC3)[nH]1. The number of nitrogens with zero attached hydrogens (tertiary/aromatic N) is 3. The lowest BCUT2D eigenvalue weighted by Gasteiger charge is -2.22. The lowest BCUT2D eigenvalue weighted by Crippen LogP contribution is -2.32. The smallest absolute Gasteiger partial charge is 0.276 e. The molecular formula is C16H20N4O2. The fourth-order valence-corrected chi connectivity index (χ4v) is 3.59. The van der Waals surface area contributed by atoms with Crippen LogP contribution in [0.5, 0.6) is 0 Å². The van der Waals surface area contributed by atoms with Crippen LogP contribution < -0.4 is 0 Å². The molecule has 0 radical (unpaired) electrons. The lowest BCUT2D eigenvalue weighted by molar-refractivity contribution is 0.0719. The van der Waals surface area contributed by atoms with Crippen LogP contribution in [0.4, 0.5) is 0 Å². The Hall–Kier alpha value is -2.11. The fraction of sp³-hybridized carbons (Fsp3) is 0.562. The number of carbonyl (C=O) groups excluding carboxylic acids is 1. The van der Waals surface area contributed by atoms with E-state index in [2.05, 4.69) is 15.1 Å². The van der Waals surface area contributed by atoms with Gasteiger partial charge in [-0.1, -0.05) is 5.16 Å². The van der Waals surface area contributed by atoms with Crippen molar-refractivity contribution < 1.29 is 9.32 Å². The Bertz CT molecular complexity index is 703. The quantitative estimate of drug-likeness (QED) is 0.925. The van der Waals surface area contributed by atoms with E-state index in [1.807, 2.05) is 18.0 Å². The van der Waals surface area contributed by atoms with Crippen molar-refractivity contribution >= 4 is 5.91 Å². The molecule has 1 amide bonds. The summed E-state index contributed by atoms with van der Waals surface area (Å²) in [6, 6.07) is 0.0251. The Kier molecular flexibility index (Phi) is 3.24. The van der Waals surface area contributed by atoms with Crippen molar-refractivity contribution in [1.29, 1.82) is 0 Å². The summed E-state index contributed by atoms with van der Waals surface area (Å²) < 4.78 is 5.39. The number of imidazole rings is 1. The first kappa shape index (κ1) is 13.5. The highest BCUT2D eigenvalue weighted by Gasteiger charge is 2.35. The van der Waals surface area contributed by atoms with Gasteiger partial charge < -0.3 is 14.4 Å². The summed E-state index contributed by atoms with van der Waals surface area (Å²) in [6.07, 6.45) is 7.78. The predicted octanol–water partition coefficient (Wildman–Crippen LogP) is 2.56. The molecule has 1 fully saturated rings. The van der Waals surface area contributed by atoms with Crippen molar-refractivity contribution in [1.82, 2.24) is 20.0 Å². The summed E-state index contributed by atoms with van der Waals surface area (Å²) >= 11 is 0. The van der Waals surface area contributed by atoms with Crippen LogP contribution in [0.15, 0.2) is 10.7 Å². The predicted molar refractivity (Wildman–Crippen MR) is 79.5 cm³/mol. The number of carbonyl (C=O) groups is 1. The Morgan fingerprint density at radius 3 is 3.05 bits per heavy atom. The normalized spacial score (nSPS) is 21.1. The fourth-order valence-electron chi connectivity index (χ4n) is 3.59. The first-order valence-electron chi connectivity index (χ1n) is 8.04. The van der Waals surface area contributed by atoms with Gasteiger partial charge in [-0.15, -0.1) is 0 Å². The number of aryl methyl sites for hydroxylation is 2. The molecule has 6 nitrogen and oxygen atoms in total. The first-order valence-corrected chi connectivity index (χ1v) is 8.04. The highest BCUT2D eigenvalue weighted by Crippen LogP contribution is 2.33. The number of nitrogens with one attached hydrogen (secondary N) is 1. The van der Waals surface area contributed by atoms with Crippen molar-refractivity contribution in [2.24, 2.45) is 0 Å². The van der Waals surface area contributed by atoms with E-state index in [4.69, 9.17) is 4.52 Å². The van der Waals surface area contributed by atoms with E-state index in [9.17, 15) is 4.79 Å². The standard InChI is InChI=1S/C16H20N4O2/c1-10-9-17-15(18-10)12-6-4-8-20(12)16(21)14-11-5-2-3-7-13(11)22-19-14/h9,12H,2-8H2,1H3,(H,17,18)/t12-/m0/s1. The largest absolute Gasteiger partial charge is 0.360 e. The highest BCUT2D eigenvalue weighted by atomic mass is 16.5. The third-order valence-corrected chi connectivity index (χ3v) is 4.70. The number of hydrogen-bond acceptors (Lipinski definition) is 4. The molecule has 4 rings (SSSR count). The summed E-state index contributed by atoms with van der Waals surface area (Å²) in [6.45, 7) is 2.73. The van der Waals surface area contributed by atoms with Crippen molar-refractivity contribution in [3.05, 3.63) is 34.7 Å². The molecule has 1 aliphatic carbocycles. The number of amides is 1. The van der Waals surface area contributed by atoms with Gasteiger partial charge in [-0.25, -0.2) is 4.98 Å². The van der Waals surface area contributed by atoms with E-state index in [-0.39, 0.29) is 11.9 Å². The summed E-state index contributed by atoms with van der Waals surface area (Å²) in [7, 11) is 0. The molecule has 1 atom stereocenters. The average Bonchev–Trinajstić information content (AvgIpc) is 3.25. The van der Waals surface area contributed by atoms with Crippen molar-refractivity contribution in [3.8, 4) is 0 Å². The van der Waals surface area contributed by atoms with Crippen LogP contribution >= 0.6 is 0 Å². The van der Waals surface area contributed by atoms with Gasteiger partial charge in [-0.2, -0.15) is 0 Å². The van der Waals surface area contributed by atoms with Crippen LogP contribution in [0.25, 0.3) is 0 Å². The maximum atomic E-state index is 12.9. The Morgan fingerprint density at radius 2 is 2.23 bits per heavy atom. The zero-order valence-electron chi connectivity index (χ0n) is 12.8. The average molecular weight is 300 g/mol. The third kappa shape index (κ3) is 2.14. The summed E-state index contributed by atoms with van der Waals surface area (Å²) in [4.78, 5) is 22.5.